The van der Waals surface area contributed by atoms with Gasteiger partial charge in [-0.1, -0.05) is 6.07 Å². The van der Waals surface area contributed by atoms with Crippen LogP contribution in [0.15, 0.2) is 18.3 Å². The molecule has 2 N–H and O–H groups in total. The zero-order chi connectivity index (χ0) is 13.1. The second kappa shape index (κ2) is 5.23. The minimum absolute atomic E-state index is 0.593. The van der Waals surface area contributed by atoms with E-state index < -0.39 is 0 Å². The molecule has 2 heterocycles. The fraction of sp³-hybridized carbons (Fsp3) is 0.357. The lowest BCUT2D eigenvalue weighted by molar-refractivity contribution is 0.901. The number of rotatable bonds is 3. The average Bonchev–Trinajstić information content (AvgIpc) is 2.28. The molecule has 2 aromatic heterocycles. The van der Waals surface area contributed by atoms with Crippen LogP contribution in [0.2, 0.25) is 0 Å². The monoisotopic (exact) mass is 242 g/mol. The third kappa shape index (κ3) is 2.71. The maximum absolute atomic E-state index is 5.57. The van der Waals surface area contributed by atoms with Crippen molar-refractivity contribution < 1.29 is 0 Å². The summed E-state index contributed by atoms with van der Waals surface area (Å²) in [7, 11) is 0. The van der Waals surface area contributed by atoms with Crippen molar-refractivity contribution in [2.45, 2.75) is 27.2 Å². The fourth-order valence-electron chi connectivity index (χ4n) is 1.97. The molecule has 0 aliphatic rings. The molecule has 0 saturated heterocycles. The molecule has 2 aromatic rings. The van der Waals surface area contributed by atoms with E-state index in [0.717, 1.165) is 34.6 Å². The standard InChI is InChI=1S/C14H18N4/c1-9-6-10(2)13(16-8-9)14-17-11(3)7-12(18-14)4-5-15/h6-8H,4-5,15H2,1-3H3. The highest BCUT2D eigenvalue weighted by molar-refractivity contribution is 5.55. The van der Waals surface area contributed by atoms with Gasteiger partial charge in [0.05, 0.1) is 0 Å². The molecule has 0 bridgehead atoms. The van der Waals surface area contributed by atoms with Gasteiger partial charge in [0.1, 0.15) is 5.69 Å². The molecule has 0 saturated carbocycles. The van der Waals surface area contributed by atoms with Gasteiger partial charge in [-0.25, -0.2) is 9.97 Å². The van der Waals surface area contributed by atoms with Crippen molar-refractivity contribution in [3.63, 3.8) is 0 Å². The Morgan fingerprint density at radius 3 is 2.56 bits per heavy atom. The van der Waals surface area contributed by atoms with Crippen molar-refractivity contribution >= 4 is 0 Å². The van der Waals surface area contributed by atoms with E-state index in [1.807, 2.05) is 33.0 Å². The van der Waals surface area contributed by atoms with Crippen LogP contribution in [0.4, 0.5) is 0 Å². The van der Waals surface area contributed by atoms with E-state index >= 15 is 0 Å². The number of nitrogens with zero attached hydrogens (tertiary/aromatic N) is 3. The molecule has 0 unspecified atom stereocenters. The van der Waals surface area contributed by atoms with Crippen molar-refractivity contribution in [3.8, 4) is 11.5 Å². The normalized spacial score (nSPS) is 10.7. The van der Waals surface area contributed by atoms with E-state index in [9.17, 15) is 0 Å². The Labute approximate surface area is 107 Å². The Morgan fingerprint density at radius 2 is 1.89 bits per heavy atom. The summed E-state index contributed by atoms with van der Waals surface area (Å²) in [4.78, 5) is 13.4. The molecule has 0 aromatic carbocycles. The number of aromatic nitrogens is 3. The molecule has 2 rings (SSSR count). The van der Waals surface area contributed by atoms with Crippen LogP contribution in [0, 0.1) is 20.8 Å². The molecule has 0 aliphatic heterocycles. The van der Waals surface area contributed by atoms with Crippen molar-refractivity contribution in [2.24, 2.45) is 5.73 Å². The maximum atomic E-state index is 5.57. The molecule has 0 amide bonds. The number of hydrogen-bond acceptors (Lipinski definition) is 4. The van der Waals surface area contributed by atoms with E-state index in [0.29, 0.717) is 12.4 Å². The van der Waals surface area contributed by atoms with Crippen molar-refractivity contribution in [1.82, 2.24) is 15.0 Å². The zero-order valence-corrected chi connectivity index (χ0v) is 11.1. The molecule has 94 valence electrons. The molecule has 4 heteroatoms. The van der Waals surface area contributed by atoms with Crippen molar-refractivity contribution in [2.75, 3.05) is 6.54 Å². The summed E-state index contributed by atoms with van der Waals surface area (Å²) in [6.07, 6.45) is 2.61. The second-order valence-electron chi connectivity index (χ2n) is 4.54. The highest BCUT2D eigenvalue weighted by Gasteiger charge is 2.09. The Kier molecular flexibility index (Phi) is 3.67. The fourth-order valence-corrected chi connectivity index (χ4v) is 1.97. The maximum Gasteiger partial charge on any atom is 0.178 e. The Hall–Kier alpha value is -1.81. The number of aryl methyl sites for hydroxylation is 3. The third-order valence-electron chi connectivity index (χ3n) is 2.73. The van der Waals surface area contributed by atoms with Crippen LogP contribution in [0.5, 0.6) is 0 Å². The topological polar surface area (TPSA) is 64.7 Å². The largest absolute Gasteiger partial charge is 0.330 e. The van der Waals surface area contributed by atoms with Crippen LogP contribution in [0.25, 0.3) is 11.5 Å². The first-order chi connectivity index (χ1) is 8.60. The number of pyridine rings is 1. The lowest BCUT2D eigenvalue weighted by Gasteiger charge is -2.07. The summed E-state index contributed by atoms with van der Waals surface area (Å²) in [6.45, 7) is 6.62. The van der Waals surface area contributed by atoms with Gasteiger partial charge in [0.15, 0.2) is 5.82 Å². The third-order valence-corrected chi connectivity index (χ3v) is 2.73. The van der Waals surface area contributed by atoms with Crippen LogP contribution < -0.4 is 5.73 Å². The summed E-state index contributed by atoms with van der Waals surface area (Å²) in [5.41, 5.74) is 10.6. The van der Waals surface area contributed by atoms with Crippen LogP contribution in [0.3, 0.4) is 0 Å². The van der Waals surface area contributed by atoms with Crippen molar-refractivity contribution in [3.05, 3.63) is 40.8 Å². The highest BCUT2D eigenvalue weighted by Crippen LogP contribution is 2.18. The quantitative estimate of drug-likeness (QED) is 0.893. The SMILES string of the molecule is Cc1cnc(-c2nc(C)cc(CCN)n2)c(C)c1. The lowest BCUT2D eigenvalue weighted by Crippen LogP contribution is -2.07. The Balaban J connectivity index is 2.49. The first-order valence-electron chi connectivity index (χ1n) is 6.08. The molecule has 18 heavy (non-hydrogen) atoms. The molecular formula is C14H18N4. The minimum atomic E-state index is 0.593. The van der Waals surface area contributed by atoms with Crippen LogP contribution in [-0.2, 0) is 6.42 Å². The van der Waals surface area contributed by atoms with Gasteiger partial charge in [0.2, 0.25) is 0 Å². The Bertz CT molecular complexity index is 564. The minimum Gasteiger partial charge on any atom is -0.330 e. The summed E-state index contributed by atoms with van der Waals surface area (Å²) < 4.78 is 0. The van der Waals surface area contributed by atoms with Crippen LogP contribution >= 0.6 is 0 Å². The van der Waals surface area contributed by atoms with Crippen molar-refractivity contribution in [1.29, 1.82) is 0 Å². The van der Waals surface area contributed by atoms with Gasteiger partial charge in [-0.15, -0.1) is 0 Å². The first-order valence-corrected chi connectivity index (χ1v) is 6.08. The van der Waals surface area contributed by atoms with Crippen LogP contribution in [0.1, 0.15) is 22.5 Å². The molecule has 0 radical (unpaired) electrons. The molecule has 0 fully saturated rings. The van der Waals surface area contributed by atoms with Crippen LogP contribution in [-0.4, -0.2) is 21.5 Å². The molecule has 0 aliphatic carbocycles. The number of nitrogens with two attached hydrogens (primary N) is 1. The van der Waals surface area contributed by atoms with Gasteiger partial charge in [0, 0.05) is 24.0 Å². The molecular weight excluding hydrogens is 224 g/mol. The number of hydrogen-bond donors (Lipinski definition) is 1. The van der Waals surface area contributed by atoms with Gasteiger partial charge in [-0.2, -0.15) is 0 Å². The van der Waals surface area contributed by atoms with E-state index in [-0.39, 0.29) is 0 Å². The molecule has 0 spiro atoms. The predicted molar refractivity (Wildman–Crippen MR) is 72.2 cm³/mol. The Morgan fingerprint density at radius 1 is 1.11 bits per heavy atom. The lowest BCUT2D eigenvalue weighted by atomic mass is 10.1. The van der Waals surface area contributed by atoms with Gasteiger partial charge in [0.25, 0.3) is 0 Å². The smallest absolute Gasteiger partial charge is 0.178 e. The van der Waals surface area contributed by atoms with E-state index in [1.54, 1.807) is 0 Å². The second-order valence-corrected chi connectivity index (χ2v) is 4.54. The zero-order valence-electron chi connectivity index (χ0n) is 11.1. The average molecular weight is 242 g/mol. The summed E-state index contributed by atoms with van der Waals surface area (Å²) in [5.74, 6) is 0.691. The molecule has 4 nitrogen and oxygen atoms in total. The van der Waals surface area contributed by atoms with E-state index in [4.69, 9.17) is 5.73 Å². The summed E-state index contributed by atoms with van der Waals surface area (Å²) in [6, 6.07) is 4.07. The highest BCUT2D eigenvalue weighted by atomic mass is 14.9. The first kappa shape index (κ1) is 12.6. The van der Waals surface area contributed by atoms with Gasteiger partial charge in [-0.3, -0.25) is 4.98 Å². The summed E-state index contributed by atoms with van der Waals surface area (Å²) >= 11 is 0. The summed E-state index contributed by atoms with van der Waals surface area (Å²) in [5, 5.41) is 0. The predicted octanol–water partition coefficient (Wildman–Crippen LogP) is 1.97. The molecule has 0 atom stereocenters. The van der Waals surface area contributed by atoms with E-state index in [1.165, 1.54) is 0 Å². The van der Waals surface area contributed by atoms with Gasteiger partial charge < -0.3 is 5.73 Å². The van der Waals surface area contributed by atoms with E-state index in [2.05, 4.69) is 21.0 Å². The van der Waals surface area contributed by atoms with Gasteiger partial charge in [-0.05, 0) is 44.5 Å². The van der Waals surface area contributed by atoms with Gasteiger partial charge >= 0.3 is 0 Å².